The van der Waals surface area contributed by atoms with Gasteiger partial charge in [-0.1, -0.05) is 57.6 Å². The van der Waals surface area contributed by atoms with Crippen molar-refractivity contribution in [1.29, 1.82) is 0 Å². The van der Waals surface area contributed by atoms with Crippen molar-refractivity contribution in [3.63, 3.8) is 0 Å². The van der Waals surface area contributed by atoms with Crippen LogP contribution in [0.4, 0.5) is 8.39 Å². The highest BCUT2D eigenvalue weighted by Crippen LogP contribution is 2.36. The number of nitrogens with one attached hydrogen (secondary N) is 2. The first-order valence-corrected chi connectivity index (χ1v) is 10.9. The number of carbonyl (C=O) groups excluding carboxylic acids is 1. The van der Waals surface area contributed by atoms with Gasteiger partial charge in [0.2, 0.25) is 0 Å². The van der Waals surface area contributed by atoms with Gasteiger partial charge in [0.1, 0.15) is 5.70 Å². The maximum absolute atomic E-state index is 12.6. The van der Waals surface area contributed by atoms with Gasteiger partial charge >= 0.3 is 0 Å². The summed E-state index contributed by atoms with van der Waals surface area (Å²) in [5.41, 5.74) is 3.62. The van der Waals surface area contributed by atoms with Crippen molar-refractivity contribution in [3.05, 3.63) is 65.0 Å². The predicted molar refractivity (Wildman–Crippen MR) is 116 cm³/mol. The average Bonchev–Trinajstić information content (AvgIpc) is 2.71. The van der Waals surface area contributed by atoms with Crippen LogP contribution in [-0.4, -0.2) is 5.91 Å². The Hall–Kier alpha value is -2.00. The second-order valence-corrected chi connectivity index (χ2v) is 7.51. The maximum Gasteiger partial charge on any atom is 0.298 e. The lowest BCUT2D eigenvalue weighted by Crippen LogP contribution is -2.34. The van der Waals surface area contributed by atoms with Crippen LogP contribution in [-0.2, 0) is 11.3 Å². The van der Waals surface area contributed by atoms with Crippen LogP contribution in [0.15, 0.2) is 59.5 Å². The number of hydrogen-bond donors (Lipinski definition) is 2. The van der Waals surface area contributed by atoms with Crippen molar-refractivity contribution < 1.29 is 13.2 Å². The zero-order valence-electron chi connectivity index (χ0n) is 17.4. The van der Waals surface area contributed by atoms with Crippen LogP contribution in [0.25, 0.3) is 0 Å². The molecule has 1 unspecified atom stereocenters. The summed E-state index contributed by atoms with van der Waals surface area (Å²) in [6.07, 6.45) is 7.88. The largest absolute Gasteiger partial charge is 0.355 e. The highest BCUT2D eigenvalue weighted by atomic mass is 31.2. The fraction of sp³-hybridized carbons (Fsp3) is 0.409. The van der Waals surface area contributed by atoms with Gasteiger partial charge in [-0.25, -0.2) is 0 Å². The lowest BCUT2D eigenvalue weighted by atomic mass is 9.99. The zero-order valence-corrected chi connectivity index (χ0v) is 18.2. The number of benzene rings is 1. The Morgan fingerprint density at radius 3 is 2.50 bits per heavy atom. The highest BCUT2D eigenvalue weighted by molar-refractivity contribution is 7.55. The number of amides is 1. The molecule has 1 amide bonds. The first kappa shape index (κ1) is 24.0. The third-order valence-corrected chi connectivity index (χ3v) is 4.93. The standard InChI is InChI=1S/C20H25F2N2OP.C2H6/c1-4-14(2)5-8-17-11-15(3)12-19(24-17)20(25)23-13-16-6-9-18(10-7-16)26(21)22;1-2/h5-10,12,15,24H,4,11,13H2,1-3H3,(H,23,25);1-2H3/b14-5-,17-8+;. The van der Waals surface area contributed by atoms with Gasteiger partial charge in [-0.2, -0.15) is 8.39 Å². The lowest BCUT2D eigenvalue weighted by Gasteiger charge is -2.22. The van der Waals surface area contributed by atoms with E-state index in [4.69, 9.17) is 0 Å². The molecule has 6 heteroatoms. The first-order chi connectivity index (χ1) is 13.4. The van der Waals surface area contributed by atoms with Crippen molar-refractivity contribution >= 4 is 19.8 Å². The normalized spacial score (nSPS) is 18.1. The number of hydrogen-bond acceptors (Lipinski definition) is 2. The summed E-state index contributed by atoms with van der Waals surface area (Å²) >= 11 is 0. The molecule has 3 nitrogen and oxygen atoms in total. The van der Waals surface area contributed by atoms with Crippen LogP contribution in [0.1, 0.15) is 53.0 Å². The van der Waals surface area contributed by atoms with Gasteiger partial charge in [0.05, 0.1) is 0 Å². The van der Waals surface area contributed by atoms with Gasteiger partial charge in [-0.05, 0) is 49.5 Å². The van der Waals surface area contributed by atoms with Crippen LogP contribution in [0.3, 0.4) is 0 Å². The molecular weight excluding hydrogens is 377 g/mol. The van der Waals surface area contributed by atoms with Crippen molar-refractivity contribution in [2.24, 2.45) is 5.92 Å². The van der Waals surface area contributed by atoms with Crippen LogP contribution < -0.4 is 15.9 Å². The Labute approximate surface area is 169 Å². The number of allylic oxidation sites excluding steroid dienone is 5. The van der Waals surface area contributed by atoms with E-state index in [9.17, 15) is 13.2 Å². The number of carbonyl (C=O) groups is 1. The van der Waals surface area contributed by atoms with Crippen LogP contribution in [0, 0.1) is 5.92 Å². The molecule has 1 atom stereocenters. The monoisotopic (exact) mass is 408 g/mol. The van der Waals surface area contributed by atoms with E-state index >= 15 is 0 Å². The molecule has 2 N–H and O–H groups in total. The van der Waals surface area contributed by atoms with E-state index in [1.807, 2.05) is 26.0 Å². The van der Waals surface area contributed by atoms with Gasteiger partial charge < -0.3 is 10.6 Å². The SMILES string of the molecule is CC.CC/C(C)=C\C=C1/CC(C)C=C(C(=O)NCc2ccc(P(F)F)cc2)N1. The minimum atomic E-state index is -3.08. The average molecular weight is 408 g/mol. The van der Waals surface area contributed by atoms with Gasteiger partial charge in [-0.3, -0.25) is 4.79 Å². The molecule has 1 aromatic carbocycles. The summed E-state index contributed by atoms with van der Waals surface area (Å²) < 4.78 is 25.3. The van der Waals surface area contributed by atoms with E-state index in [0.29, 0.717) is 12.2 Å². The smallest absolute Gasteiger partial charge is 0.298 e. The van der Waals surface area contributed by atoms with E-state index in [0.717, 1.165) is 24.1 Å². The molecule has 154 valence electrons. The summed E-state index contributed by atoms with van der Waals surface area (Å²) in [5, 5.41) is 6.08. The minimum absolute atomic E-state index is 0.0470. The van der Waals surface area contributed by atoms with Crippen molar-refractivity contribution in [3.8, 4) is 0 Å². The predicted octanol–water partition coefficient (Wildman–Crippen LogP) is 5.96. The zero-order chi connectivity index (χ0) is 21.1. The molecule has 0 fully saturated rings. The summed E-state index contributed by atoms with van der Waals surface area (Å²) in [4.78, 5) is 12.4. The van der Waals surface area contributed by atoms with Crippen molar-refractivity contribution in [2.45, 2.75) is 54.0 Å². The van der Waals surface area contributed by atoms with Crippen LogP contribution in [0.2, 0.25) is 0 Å². The Morgan fingerprint density at radius 1 is 1.29 bits per heavy atom. The molecular formula is C22H31F2N2OP. The second-order valence-electron chi connectivity index (χ2n) is 6.53. The van der Waals surface area contributed by atoms with E-state index in [1.54, 1.807) is 12.1 Å². The lowest BCUT2D eigenvalue weighted by molar-refractivity contribution is -0.118. The first-order valence-electron chi connectivity index (χ1n) is 9.73. The molecule has 28 heavy (non-hydrogen) atoms. The van der Waals surface area contributed by atoms with E-state index in [2.05, 4.69) is 37.5 Å². The molecule has 0 bridgehead atoms. The summed E-state index contributed by atoms with van der Waals surface area (Å²) in [6.45, 7) is 10.6. The summed E-state index contributed by atoms with van der Waals surface area (Å²) in [6, 6.07) is 6.07. The highest BCUT2D eigenvalue weighted by Gasteiger charge is 2.18. The molecule has 0 radical (unpaired) electrons. The molecule has 0 aromatic heterocycles. The number of halogens is 2. The maximum atomic E-state index is 12.6. The van der Waals surface area contributed by atoms with Crippen LogP contribution in [0.5, 0.6) is 0 Å². The molecule has 0 saturated carbocycles. The quantitative estimate of drug-likeness (QED) is 0.571. The molecule has 1 aliphatic heterocycles. The van der Waals surface area contributed by atoms with Gasteiger partial charge in [0, 0.05) is 17.5 Å². The second kappa shape index (κ2) is 12.5. The Kier molecular flexibility index (Phi) is 10.7. The van der Waals surface area contributed by atoms with Gasteiger partial charge in [-0.15, -0.1) is 0 Å². The van der Waals surface area contributed by atoms with E-state index in [1.165, 1.54) is 17.7 Å². The summed E-state index contributed by atoms with van der Waals surface area (Å²) in [7, 11) is -3.08. The molecule has 0 aliphatic carbocycles. The summed E-state index contributed by atoms with van der Waals surface area (Å²) in [5.74, 6) is 0.0761. The van der Waals surface area contributed by atoms with E-state index < -0.39 is 8.54 Å². The molecule has 1 heterocycles. The van der Waals surface area contributed by atoms with E-state index in [-0.39, 0.29) is 17.1 Å². The minimum Gasteiger partial charge on any atom is -0.355 e. The molecule has 1 aliphatic rings. The Morgan fingerprint density at radius 2 is 1.93 bits per heavy atom. The van der Waals surface area contributed by atoms with Crippen molar-refractivity contribution in [2.75, 3.05) is 0 Å². The molecule has 0 saturated heterocycles. The van der Waals surface area contributed by atoms with Crippen molar-refractivity contribution in [1.82, 2.24) is 10.6 Å². The molecule has 0 spiro atoms. The van der Waals surface area contributed by atoms with Gasteiger partial charge in [0.15, 0.2) is 0 Å². The van der Waals surface area contributed by atoms with Gasteiger partial charge in [0.25, 0.3) is 14.5 Å². The third-order valence-electron chi connectivity index (χ3n) is 4.24. The Bertz CT molecular complexity index is 725. The topological polar surface area (TPSA) is 41.1 Å². The fourth-order valence-corrected chi connectivity index (χ4v) is 2.94. The third kappa shape index (κ3) is 7.93. The fourth-order valence-electron chi connectivity index (χ4n) is 2.56. The van der Waals surface area contributed by atoms with Crippen LogP contribution >= 0.6 is 8.54 Å². The molecule has 2 rings (SSSR count). The number of rotatable bonds is 6. The molecule has 1 aromatic rings. The Balaban J connectivity index is 0.00000190.